The minimum absolute atomic E-state index is 0.0305. The van der Waals surface area contributed by atoms with E-state index in [4.69, 9.17) is 4.52 Å². The van der Waals surface area contributed by atoms with Crippen LogP contribution in [0.15, 0.2) is 53.1 Å². The Kier molecular flexibility index (Phi) is 6.85. The summed E-state index contributed by atoms with van der Waals surface area (Å²) in [6.07, 6.45) is 3.67. The number of para-hydroxylation sites is 1. The van der Waals surface area contributed by atoms with E-state index in [2.05, 4.69) is 20.4 Å². The zero-order valence-corrected chi connectivity index (χ0v) is 19.5. The lowest BCUT2D eigenvalue weighted by Crippen LogP contribution is -2.40. The first kappa shape index (κ1) is 23.2. The molecule has 0 aliphatic carbocycles. The molecule has 0 bridgehead atoms. The Bertz CT molecular complexity index is 1190. The molecule has 9 heteroatoms. The first-order chi connectivity index (χ1) is 17.1. The van der Waals surface area contributed by atoms with E-state index >= 15 is 0 Å². The first-order valence-corrected chi connectivity index (χ1v) is 12.1. The molecule has 182 valence electrons. The Morgan fingerprint density at radius 3 is 2.60 bits per heavy atom. The van der Waals surface area contributed by atoms with E-state index in [1.54, 1.807) is 24.3 Å². The summed E-state index contributed by atoms with van der Waals surface area (Å²) in [5.74, 6) is 0.208. The van der Waals surface area contributed by atoms with Crippen LogP contribution in [0.25, 0.3) is 11.4 Å². The van der Waals surface area contributed by atoms with Gasteiger partial charge in [0.2, 0.25) is 17.6 Å². The number of halogens is 1. The second kappa shape index (κ2) is 10.4. The summed E-state index contributed by atoms with van der Waals surface area (Å²) in [5, 5.41) is 7.00. The van der Waals surface area contributed by atoms with E-state index in [0.29, 0.717) is 41.6 Å². The maximum Gasteiger partial charge on any atom is 0.255 e. The average Bonchev–Trinajstić information content (AvgIpc) is 3.57. The molecule has 1 unspecified atom stereocenters. The number of likely N-dealkylation sites (tertiary alicyclic amines) is 2. The zero-order valence-electron chi connectivity index (χ0n) is 19.5. The maximum atomic E-state index is 13.2. The molecule has 3 heterocycles. The van der Waals surface area contributed by atoms with Crippen molar-refractivity contribution in [2.24, 2.45) is 5.92 Å². The predicted molar refractivity (Wildman–Crippen MR) is 128 cm³/mol. The number of amides is 2. The number of aromatic nitrogens is 2. The van der Waals surface area contributed by atoms with Crippen molar-refractivity contribution in [3.05, 3.63) is 65.8 Å². The van der Waals surface area contributed by atoms with Crippen LogP contribution in [-0.2, 0) is 11.3 Å². The highest BCUT2D eigenvalue weighted by Crippen LogP contribution is 2.24. The minimum atomic E-state index is -0.321. The summed E-state index contributed by atoms with van der Waals surface area (Å²) < 4.78 is 18.6. The summed E-state index contributed by atoms with van der Waals surface area (Å²) in [4.78, 5) is 34.5. The molecule has 1 aromatic heterocycles. The van der Waals surface area contributed by atoms with Gasteiger partial charge >= 0.3 is 0 Å². The highest BCUT2D eigenvalue weighted by Gasteiger charge is 2.28. The number of nitrogens with one attached hydrogen (secondary N) is 1. The monoisotopic (exact) mass is 477 g/mol. The number of carbonyl (C=O) groups excluding carboxylic acids is 2. The highest BCUT2D eigenvalue weighted by atomic mass is 19.1. The second-order valence-corrected chi connectivity index (χ2v) is 9.13. The quantitative estimate of drug-likeness (QED) is 0.578. The summed E-state index contributed by atoms with van der Waals surface area (Å²) in [6.45, 7) is 3.33. The summed E-state index contributed by atoms with van der Waals surface area (Å²) >= 11 is 0. The number of carbonyl (C=O) groups is 2. The van der Waals surface area contributed by atoms with Crippen LogP contribution in [0.3, 0.4) is 0 Å². The van der Waals surface area contributed by atoms with Crippen LogP contribution in [0, 0.1) is 11.7 Å². The van der Waals surface area contributed by atoms with Gasteiger partial charge in [0.15, 0.2) is 0 Å². The highest BCUT2D eigenvalue weighted by molar-refractivity contribution is 6.04. The van der Waals surface area contributed by atoms with Crippen molar-refractivity contribution in [3.63, 3.8) is 0 Å². The summed E-state index contributed by atoms with van der Waals surface area (Å²) in [7, 11) is 0. The lowest BCUT2D eigenvalue weighted by Gasteiger charge is -2.31. The number of hydrogen-bond donors (Lipinski definition) is 1. The van der Waals surface area contributed by atoms with Gasteiger partial charge in [-0.1, -0.05) is 17.3 Å². The van der Waals surface area contributed by atoms with E-state index in [1.807, 2.05) is 17.0 Å². The third kappa shape index (κ3) is 5.40. The molecule has 0 saturated carbocycles. The average molecular weight is 478 g/mol. The predicted octanol–water partition coefficient (Wildman–Crippen LogP) is 3.96. The van der Waals surface area contributed by atoms with Crippen LogP contribution in [0.1, 0.15) is 41.9 Å². The zero-order chi connectivity index (χ0) is 24.2. The van der Waals surface area contributed by atoms with Crippen molar-refractivity contribution in [1.82, 2.24) is 19.9 Å². The van der Waals surface area contributed by atoms with E-state index in [9.17, 15) is 14.0 Å². The molecule has 2 amide bonds. The smallest absolute Gasteiger partial charge is 0.255 e. The number of anilines is 1. The third-order valence-corrected chi connectivity index (χ3v) is 6.61. The fourth-order valence-electron chi connectivity index (χ4n) is 4.74. The molecule has 1 N–H and O–H groups in total. The molecular formula is C26H28FN5O3. The van der Waals surface area contributed by atoms with Gasteiger partial charge in [-0.25, -0.2) is 4.39 Å². The van der Waals surface area contributed by atoms with Gasteiger partial charge in [-0.05, 0) is 68.6 Å². The Morgan fingerprint density at radius 2 is 1.80 bits per heavy atom. The standard InChI is InChI=1S/C26H28FN5O3/c27-20-11-9-18(10-12-20)24-29-23(35-30-24)17-31-13-5-6-19(16-31)25(33)28-22-8-2-1-7-21(22)26(34)32-14-3-4-15-32/h1-2,7-12,19H,3-6,13-17H2,(H,28,33). The molecule has 2 aliphatic heterocycles. The Labute approximate surface area is 203 Å². The van der Waals surface area contributed by atoms with Gasteiger partial charge in [-0.3, -0.25) is 14.5 Å². The molecule has 2 aliphatic rings. The van der Waals surface area contributed by atoms with Gasteiger partial charge in [0.1, 0.15) is 5.82 Å². The van der Waals surface area contributed by atoms with Crippen LogP contribution in [0.5, 0.6) is 0 Å². The molecule has 2 saturated heterocycles. The van der Waals surface area contributed by atoms with Crippen molar-refractivity contribution in [2.75, 3.05) is 31.5 Å². The number of piperidine rings is 1. The molecule has 0 spiro atoms. The van der Waals surface area contributed by atoms with Crippen molar-refractivity contribution in [2.45, 2.75) is 32.2 Å². The SMILES string of the molecule is O=C(Nc1ccccc1C(=O)N1CCCC1)C1CCCN(Cc2nc(-c3ccc(F)cc3)no2)C1. The fraction of sp³-hybridized carbons (Fsp3) is 0.385. The molecule has 8 nitrogen and oxygen atoms in total. The van der Waals surface area contributed by atoms with Gasteiger partial charge in [0, 0.05) is 25.2 Å². The van der Waals surface area contributed by atoms with Gasteiger partial charge in [0.05, 0.1) is 23.7 Å². The van der Waals surface area contributed by atoms with Crippen LogP contribution in [-0.4, -0.2) is 57.9 Å². The van der Waals surface area contributed by atoms with Crippen LogP contribution >= 0.6 is 0 Å². The van der Waals surface area contributed by atoms with Crippen LogP contribution in [0.4, 0.5) is 10.1 Å². The molecule has 2 fully saturated rings. The number of benzene rings is 2. The molecule has 35 heavy (non-hydrogen) atoms. The second-order valence-electron chi connectivity index (χ2n) is 9.13. The molecule has 0 radical (unpaired) electrons. The number of nitrogens with zero attached hydrogens (tertiary/aromatic N) is 4. The number of hydrogen-bond acceptors (Lipinski definition) is 6. The number of rotatable bonds is 6. The third-order valence-electron chi connectivity index (χ3n) is 6.61. The Hall–Kier alpha value is -3.59. The molecule has 1 atom stereocenters. The first-order valence-electron chi connectivity index (χ1n) is 12.1. The maximum absolute atomic E-state index is 13.2. The van der Waals surface area contributed by atoms with Gasteiger partial charge in [0.25, 0.3) is 5.91 Å². The van der Waals surface area contributed by atoms with Crippen molar-refractivity contribution in [3.8, 4) is 11.4 Å². The van der Waals surface area contributed by atoms with Crippen molar-refractivity contribution in [1.29, 1.82) is 0 Å². The lowest BCUT2D eigenvalue weighted by molar-refractivity contribution is -0.121. The summed E-state index contributed by atoms with van der Waals surface area (Å²) in [6, 6.07) is 13.2. The normalized spacial score (nSPS) is 18.5. The van der Waals surface area contributed by atoms with E-state index in [1.165, 1.54) is 12.1 Å². The van der Waals surface area contributed by atoms with Crippen LogP contribution < -0.4 is 5.32 Å². The summed E-state index contributed by atoms with van der Waals surface area (Å²) in [5.41, 5.74) is 1.78. The lowest BCUT2D eigenvalue weighted by atomic mass is 9.96. The largest absolute Gasteiger partial charge is 0.339 e. The van der Waals surface area contributed by atoms with E-state index < -0.39 is 0 Å². The minimum Gasteiger partial charge on any atom is -0.339 e. The fourth-order valence-corrected chi connectivity index (χ4v) is 4.74. The van der Waals surface area contributed by atoms with Gasteiger partial charge in [-0.15, -0.1) is 0 Å². The molecule has 2 aromatic carbocycles. The van der Waals surface area contributed by atoms with Gasteiger partial charge < -0.3 is 14.7 Å². The van der Waals surface area contributed by atoms with Crippen LogP contribution in [0.2, 0.25) is 0 Å². The van der Waals surface area contributed by atoms with Crippen molar-refractivity contribution < 1.29 is 18.5 Å². The van der Waals surface area contributed by atoms with E-state index in [-0.39, 0.29) is 23.5 Å². The molecule has 3 aromatic rings. The van der Waals surface area contributed by atoms with E-state index in [0.717, 1.165) is 45.3 Å². The molecular weight excluding hydrogens is 449 g/mol. The van der Waals surface area contributed by atoms with Crippen molar-refractivity contribution >= 4 is 17.5 Å². The Morgan fingerprint density at radius 1 is 1.03 bits per heavy atom. The topological polar surface area (TPSA) is 91.6 Å². The van der Waals surface area contributed by atoms with Gasteiger partial charge in [-0.2, -0.15) is 4.98 Å². The Balaban J connectivity index is 1.21. The molecule has 5 rings (SSSR count).